The Bertz CT molecular complexity index is 299. The Hall–Kier alpha value is -1.05. The van der Waals surface area contributed by atoms with Gasteiger partial charge in [-0.2, -0.15) is 0 Å². The first-order valence-corrected chi connectivity index (χ1v) is 5.41. The molecule has 2 heteroatoms. The summed E-state index contributed by atoms with van der Waals surface area (Å²) in [6, 6.07) is 0. The predicted octanol–water partition coefficient (Wildman–Crippen LogP) is 2.91. The monoisotopic (exact) mass is 192 g/mol. The van der Waals surface area contributed by atoms with Crippen LogP contribution in [-0.2, 0) is 4.79 Å². The van der Waals surface area contributed by atoms with E-state index in [4.69, 9.17) is 0 Å². The number of hydrogen-bond donors (Lipinski definition) is 1. The fourth-order valence-electron chi connectivity index (χ4n) is 2.32. The molecule has 0 saturated heterocycles. The maximum Gasteiger partial charge on any atom is 0.197 e. The van der Waals surface area contributed by atoms with E-state index in [9.17, 15) is 9.90 Å². The number of aliphatic hydroxyl groups is 1. The topological polar surface area (TPSA) is 37.3 Å². The highest BCUT2D eigenvalue weighted by Crippen LogP contribution is 2.32. The van der Waals surface area contributed by atoms with Gasteiger partial charge in [-0.1, -0.05) is 12.2 Å². The Labute approximate surface area is 84.3 Å². The molecule has 14 heavy (non-hydrogen) atoms. The van der Waals surface area contributed by atoms with Gasteiger partial charge < -0.3 is 5.11 Å². The Morgan fingerprint density at radius 2 is 2.14 bits per heavy atom. The summed E-state index contributed by atoms with van der Waals surface area (Å²) in [4.78, 5) is 11.3. The SMILES string of the molecule is O=C1CCCC([C@@H]2C=CCCC2)=C1O. The van der Waals surface area contributed by atoms with E-state index >= 15 is 0 Å². The molecule has 0 unspecified atom stereocenters. The minimum Gasteiger partial charge on any atom is -0.504 e. The molecular formula is C12H16O2. The zero-order chi connectivity index (χ0) is 9.97. The quantitative estimate of drug-likeness (QED) is 0.648. The Kier molecular flexibility index (Phi) is 2.71. The largest absolute Gasteiger partial charge is 0.504 e. The second-order valence-electron chi connectivity index (χ2n) is 4.12. The average molecular weight is 192 g/mol. The second-order valence-corrected chi connectivity index (χ2v) is 4.12. The lowest BCUT2D eigenvalue weighted by molar-refractivity contribution is -0.118. The number of aliphatic hydroxyl groups excluding tert-OH is 1. The minimum atomic E-state index is -0.0646. The zero-order valence-corrected chi connectivity index (χ0v) is 8.33. The van der Waals surface area contributed by atoms with Crippen LogP contribution in [0.3, 0.4) is 0 Å². The molecule has 2 aliphatic carbocycles. The van der Waals surface area contributed by atoms with Crippen LogP contribution in [0, 0.1) is 5.92 Å². The Balaban J connectivity index is 2.22. The summed E-state index contributed by atoms with van der Waals surface area (Å²) in [5.41, 5.74) is 0.984. The van der Waals surface area contributed by atoms with Crippen molar-refractivity contribution in [1.29, 1.82) is 0 Å². The molecule has 0 aliphatic heterocycles. The van der Waals surface area contributed by atoms with E-state index in [-0.39, 0.29) is 11.5 Å². The summed E-state index contributed by atoms with van der Waals surface area (Å²) in [5.74, 6) is 0.325. The van der Waals surface area contributed by atoms with Gasteiger partial charge in [0, 0.05) is 12.3 Å². The fourth-order valence-corrected chi connectivity index (χ4v) is 2.32. The molecule has 0 spiro atoms. The molecule has 2 nitrogen and oxygen atoms in total. The van der Waals surface area contributed by atoms with Gasteiger partial charge in [0.05, 0.1) is 0 Å². The summed E-state index contributed by atoms with van der Waals surface area (Å²) in [6.45, 7) is 0. The number of carbonyl (C=O) groups excluding carboxylic acids is 1. The van der Waals surface area contributed by atoms with E-state index in [1.807, 2.05) is 0 Å². The minimum absolute atomic E-state index is 0.0628. The van der Waals surface area contributed by atoms with Crippen LogP contribution in [0.15, 0.2) is 23.5 Å². The van der Waals surface area contributed by atoms with E-state index < -0.39 is 0 Å². The number of rotatable bonds is 1. The zero-order valence-electron chi connectivity index (χ0n) is 8.33. The Morgan fingerprint density at radius 1 is 1.29 bits per heavy atom. The van der Waals surface area contributed by atoms with Crippen molar-refractivity contribution in [3.63, 3.8) is 0 Å². The molecule has 0 amide bonds. The standard InChI is InChI=1S/C12H16O2/c13-11-8-4-7-10(12(11)14)9-5-2-1-3-6-9/h2,5,9,14H,1,3-4,6-8H2/t9-/m1/s1. The van der Waals surface area contributed by atoms with Crippen molar-refractivity contribution < 1.29 is 9.90 Å². The third-order valence-corrected chi connectivity index (χ3v) is 3.12. The first-order chi connectivity index (χ1) is 6.79. The first-order valence-electron chi connectivity index (χ1n) is 5.41. The summed E-state index contributed by atoms with van der Waals surface area (Å²) in [7, 11) is 0. The van der Waals surface area contributed by atoms with Gasteiger partial charge in [0.25, 0.3) is 0 Å². The summed E-state index contributed by atoms with van der Waals surface area (Å²) in [5, 5.41) is 9.69. The molecule has 0 aromatic heterocycles. The third kappa shape index (κ3) is 1.74. The van der Waals surface area contributed by atoms with E-state index in [0.717, 1.165) is 31.3 Å². The molecule has 2 rings (SSSR count). The van der Waals surface area contributed by atoms with Crippen LogP contribution in [0.25, 0.3) is 0 Å². The second kappa shape index (κ2) is 3.99. The first kappa shape index (κ1) is 9.50. The molecule has 0 aromatic carbocycles. The van der Waals surface area contributed by atoms with Crippen LogP contribution in [0.4, 0.5) is 0 Å². The number of Topliss-reactive ketones (excluding diaryl/α,β-unsaturated/α-hetero) is 1. The predicted molar refractivity (Wildman–Crippen MR) is 55.0 cm³/mol. The molecule has 0 heterocycles. The smallest absolute Gasteiger partial charge is 0.197 e. The molecule has 0 saturated carbocycles. The van der Waals surface area contributed by atoms with Crippen molar-refractivity contribution in [2.45, 2.75) is 38.5 Å². The molecule has 0 aromatic rings. The van der Waals surface area contributed by atoms with Crippen molar-refractivity contribution in [3.8, 4) is 0 Å². The van der Waals surface area contributed by atoms with Crippen LogP contribution in [-0.4, -0.2) is 10.9 Å². The highest BCUT2D eigenvalue weighted by Gasteiger charge is 2.24. The van der Waals surface area contributed by atoms with E-state index in [0.29, 0.717) is 12.3 Å². The van der Waals surface area contributed by atoms with Gasteiger partial charge in [-0.05, 0) is 37.7 Å². The van der Waals surface area contributed by atoms with Crippen LogP contribution >= 0.6 is 0 Å². The normalized spacial score (nSPS) is 28.3. The number of carbonyl (C=O) groups is 1. The van der Waals surface area contributed by atoms with Gasteiger partial charge in [0.1, 0.15) is 0 Å². The van der Waals surface area contributed by atoms with Gasteiger partial charge in [0.2, 0.25) is 0 Å². The maximum absolute atomic E-state index is 11.3. The molecule has 1 N–H and O–H groups in total. The van der Waals surface area contributed by atoms with Gasteiger partial charge >= 0.3 is 0 Å². The third-order valence-electron chi connectivity index (χ3n) is 3.12. The molecule has 1 atom stereocenters. The van der Waals surface area contributed by atoms with Crippen LogP contribution in [0.5, 0.6) is 0 Å². The van der Waals surface area contributed by atoms with Crippen molar-refractivity contribution in [2.75, 3.05) is 0 Å². The molecule has 0 radical (unpaired) electrons. The highest BCUT2D eigenvalue weighted by atomic mass is 16.3. The molecule has 0 bridgehead atoms. The summed E-state index contributed by atoms with van der Waals surface area (Å²) >= 11 is 0. The lowest BCUT2D eigenvalue weighted by Gasteiger charge is -2.23. The maximum atomic E-state index is 11.3. The molecular weight excluding hydrogens is 176 g/mol. The average Bonchev–Trinajstić information content (AvgIpc) is 2.23. The van der Waals surface area contributed by atoms with Crippen molar-refractivity contribution >= 4 is 5.78 Å². The number of ketones is 1. The molecule has 76 valence electrons. The van der Waals surface area contributed by atoms with E-state index in [1.54, 1.807) is 0 Å². The highest BCUT2D eigenvalue weighted by molar-refractivity contribution is 5.94. The van der Waals surface area contributed by atoms with Gasteiger partial charge in [0.15, 0.2) is 11.5 Å². The lowest BCUT2D eigenvalue weighted by Crippen LogP contribution is -2.17. The molecule has 0 fully saturated rings. The van der Waals surface area contributed by atoms with Crippen LogP contribution < -0.4 is 0 Å². The lowest BCUT2D eigenvalue weighted by atomic mass is 9.82. The van der Waals surface area contributed by atoms with Crippen LogP contribution in [0.2, 0.25) is 0 Å². The van der Waals surface area contributed by atoms with Gasteiger partial charge in [-0.3, -0.25) is 4.79 Å². The number of allylic oxidation sites excluding steroid dienone is 4. The molecule has 2 aliphatic rings. The van der Waals surface area contributed by atoms with Gasteiger partial charge in [-0.25, -0.2) is 0 Å². The van der Waals surface area contributed by atoms with Gasteiger partial charge in [-0.15, -0.1) is 0 Å². The summed E-state index contributed by atoms with van der Waals surface area (Å²) in [6.07, 6.45) is 10.0. The Morgan fingerprint density at radius 3 is 2.86 bits per heavy atom. The number of hydrogen-bond acceptors (Lipinski definition) is 2. The van der Waals surface area contributed by atoms with E-state index in [1.165, 1.54) is 6.42 Å². The van der Waals surface area contributed by atoms with Crippen molar-refractivity contribution in [1.82, 2.24) is 0 Å². The van der Waals surface area contributed by atoms with Crippen molar-refractivity contribution in [3.05, 3.63) is 23.5 Å². The van der Waals surface area contributed by atoms with Crippen molar-refractivity contribution in [2.24, 2.45) is 5.92 Å². The summed E-state index contributed by atoms with van der Waals surface area (Å²) < 4.78 is 0. The van der Waals surface area contributed by atoms with Crippen LogP contribution in [0.1, 0.15) is 38.5 Å². The van der Waals surface area contributed by atoms with E-state index in [2.05, 4.69) is 12.2 Å². The fraction of sp³-hybridized carbons (Fsp3) is 0.583.